The Kier molecular flexibility index (Phi) is 4.04. The maximum absolute atomic E-state index is 5.94. The van der Waals surface area contributed by atoms with E-state index in [9.17, 15) is 0 Å². The SMILES string of the molecule is COc1cc(C(C)(C)C)c(OC)cc1C(C)N. The van der Waals surface area contributed by atoms with Gasteiger partial charge in [-0.2, -0.15) is 0 Å². The van der Waals surface area contributed by atoms with Crippen molar-refractivity contribution in [1.29, 1.82) is 0 Å². The summed E-state index contributed by atoms with van der Waals surface area (Å²) in [6.45, 7) is 8.38. The van der Waals surface area contributed by atoms with Gasteiger partial charge in [0.1, 0.15) is 11.5 Å². The average Bonchev–Trinajstić information content (AvgIpc) is 2.25. The summed E-state index contributed by atoms with van der Waals surface area (Å²) in [6, 6.07) is 3.93. The molecule has 3 nitrogen and oxygen atoms in total. The predicted molar refractivity (Wildman–Crippen MR) is 70.8 cm³/mol. The molecule has 0 saturated carbocycles. The Morgan fingerprint density at radius 1 is 1.06 bits per heavy atom. The largest absolute Gasteiger partial charge is 0.496 e. The Hall–Kier alpha value is -1.22. The Labute approximate surface area is 104 Å². The molecule has 0 heterocycles. The molecule has 1 atom stereocenters. The molecule has 96 valence electrons. The average molecular weight is 237 g/mol. The first-order valence-corrected chi connectivity index (χ1v) is 5.83. The van der Waals surface area contributed by atoms with E-state index in [4.69, 9.17) is 15.2 Å². The van der Waals surface area contributed by atoms with E-state index in [0.29, 0.717) is 0 Å². The van der Waals surface area contributed by atoms with Crippen molar-refractivity contribution >= 4 is 0 Å². The van der Waals surface area contributed by atoms with Crippen molar-refractivity contribution in [3.8, 4) is 11.5 Å². The normalized spacial score (nSPS) is 13.4. The lowest BCUT2D eigenvalue weighted by Crippen LogP contribution is -2.15. The van der Waals surface area contributed by atoms with Gasteiger partial charge in [-0.05, 0) is 24.5 Å². The highest BCUT2D eigenvalue weighted by Crippen LogP contribution is 2.38. The molecule has 0 aliphatic carbocycles. The van der Waals surface area contributed by atoms with Gasteiger partial charge in [-0.25, -0.2) is 0 Å². The van der Waals surface area contributed by atoms with Gasteiger partial charge in [-0.3, -0.25) is 0 Å². The summed E-state index contributed by atoms with van der Waals surface area (Å²) in [5.41, 5.74) is 8.04. The zero-order valence-corrected chi connectivity index (χ0v) is 11.6. The molecule has 0 amide bonds. The van der Waals surface area contributed by atoms with Crippen molar-refractivity contribution < 1.29 is 9.47 Å². The van der Waals surface area contributed by atoms with E-state index in [0.717, 1.165) is 22.6 Å². The van der Waals surface area contributed by atoms with Crippen LogP contribution in [0.15, 0.2) is 12.1 Å². The van der Waals surface area contributed by atoms with Crippen molar-refractivity contribution in [2.75, 3.05) is 14.2 Å². The second-order valence-electron chi connectivity index (χ2n) is 5.33. The topological polar surface area (TPSA) is 44.5 Å². The van der Waals surface area contributed by atoms with Crippen LogP contribution in [0.1, 0.15) is 44.9 Å². The molecule has 0 radical (unpaired) electrons. The summed E-state index contributed by atoms with van der Waals surface area (Å²) in [7, 11) is 3.35. The minimum absolute atomic E-state index is 0.00892. The van der Waals surface area contributed by atoms with Gasteiger partial charge >= 0.3 is 0 Å². The third-order valence-electron chi connectivity index (χ3n) is 2.85. The number of hydrogen-bond acceptors (Lipinski definition) is 3. The number of hydrogen-bond donors (Lipinski definition) is 1. The van der Waals surface area contributed by atoms with Gasteiger partial charge in [0, 0.05) is 17.2 Å². The second kappa shape index (κ2) is 4.96. The van der Waals surface area contributed by atoms with Gasteiger partial charge in [0.25, 0.3) is 0 Å². The number of methoxy groups -OCH3 is 2. The number of rotatable bonds is 3. The molecule has 0 aromatic heterocycles. The molecule has 17 heavy (non-hydrogen) atoms. The Morgan fingerprint density at radius 2 is 1.59 bits per heavy atom. The molecule has 1 aromatic rings. The first-order valence-electron chi connectivity index (χ1n) is 5.83. The summed E-state index contributed by atoms with van der Waals surface area (Å²) < 4.78 is 10.9. The fraction of sp³-hybridized carbons (Fsp3) is 0.571. The van der Waals surface area contributed by atoms with Gasteiger partial charge in [0.15, 0.2) is 0 Å². The van der Waals surface area contributed by atoms with Crippen LogP contribution in [0.2, 0.25) is 0 Å². The standard InChI is InChI=1S/C14H23NO2/c1-9(15)10-7-13(17-6)11(14(2,3)4)8-12(10)16-5/h7-9H,15H2,1-6H3. The van der Waals surface area contributed by atoms with Crippen molar-refractivity contribution in [1.82, 2.24) is 0 Å². The van der Waals surface area contributed by atoms with Crippen molar-refractivity contribution in [3.05, 3.63) is 23.3 Å². The molecular formula is C14H23NO2. The second-order valence-corrected chi connectivity index (χ2v) is 5.33. The maximum Gasteiger partial charge on any atom is 0.124 e. The minimum Gasteiger partial charge on any atom is -0.496 e. The molecule has 0 aliphatic heterocycles. The molecule has 0 fully saturated rings. The van der Waals surface area contributed by atoms with Crippen LogP contribution in [0.3, 0.4) is 0 Å². The lowest BCUT2D eigenvalue weighted by molar-refractivity contribution is 0.383. The maximum atomic E-state index is 5.94. The highest BCUT2D eigenvalue weighted by atomic mass is 16.5. The third kappa shape index (κ3) is 2.91. The van der Waals surface area contributed by atoms with E-state index in [-0.39, 0.29) is 11.5 Å². The van der Waals surface area contributed by atoms with Crippen molar-refractivity contribution in [2.45, 2.75) is 39.2 Å². The van der Waals surface area contributed by atoms with Gasteiger partial charge in [0.05, 0.1) is 14.2 Å². The molecule has 0 spiro atoms. The monoisotopic (exact) mass is 237 g/mol. The van der Waals surface area contributed by atoms with Gasteiger partial charge in [0.2, 0.25) is 0 Å². The fourth-order valence-electron chi connectivity index (χ4n) is 1.86. The highest BCUT2D eigenvalue weighted by molar-refractivity contribution is 5.50. The molecule has 0 aliphatic rings. The van der Waals surface area contributed by atoms with Crippen LogP contribution >= 0.6 is 0 Å². The van der Waals surface area contributed by atoms with E-state index < -0.39 is 0 Å². The van der Waals surface area contributed by atoms with Gasteiger partial charge in [-0.1, -0.05) is 20.8 Å². The summed E-state index contributed by atoms with van der Waals surface area (Å²) >= 11 is 0. The highest BCUT2D eigenvalue weighted by Gasteiger charge is 2.22. The van der Waals surface area contributed by atoms with Crippen LogP contribution in [0, 0.1) is 0 Å². The molecular weight excluding hydrogens is 214 g/mol. The summed E-state index contributed by atoms with van der Waals surface area (Å²) in [5, 5.41) is 0. The van der Waals surface area contributed by atoms with Crippen LogP contribution in [0.4, 0.5) is 0 Å². The van der Waals surface area contributed by atoms with Crippen LogP contribution in [0.5, 0.6) is 11.5 Å². The molecule has 2 N–H and O–H groups in total. The van der Waals surface area contributed by atoms with E-state index >= 15 is 0 Å². The minimum atomic E-state index is -0.0760. The molecule has 1 aromatic carbocycles. The van der Waals surface area contributed by atoms with E-state index in [2.05, 4.69) is 20.8 Å². The first kappa shape index (κ1) is 13.8. The van der Waals surface area contributed by atoms with Crippen LogP contribution < -0.4 is 15.2 Å². The van der Waals surface area contributed by atoms with Crippen LogP contribution in [0.25, 0.3) is 0 Å². The molecule has 0 saturated heterocycles. The lowest BCUT2D eigenvalue weighted by Gasteiger charge is -2.24. The van der Waals surface area contributed by atoms with E-state index in [1.807, 2.05) is 19.1 Å². The third-order valence-corrected chi connectivity index (χ3v) is 2.85. The molecule has 3 heteroatoms. The summed E-state index contributed by atoms with van der Waals surface area (Å²) in [6.07, 6.45) is 0. The predicted octanol–water partition coefficient (Wildman–Crippen LogP) is 3.02. The quantitative estimate of drug-likeness (QED) is 0.878. The fourth-order valence-corrected chi connectivity index (χ4v) is 1.86. The number of benzene rings is 1. The van der Waals surface area contributed by atoms with Gasteiger partial charge < -0.3 is 15.2 Å². The molecule has 1 unspecified atom stereocenters. The molecule has 1 rings (SSSR count). The van der Waals surface area contributed by atoms with E-state index in [1.165, 1.54) is 0 Å². The van der Waals surface area contributed by atoms with Crippen LogP contribution in [-0.2, 0) is 5.41 Å². The first-order chi connectivity index (χ1) is 7.81. The Bertz CT molecular complexity index is 392. The van der Waals surface area contributed by atoms with Gasteiger partial charge in [-0.15, -0.1) is 0 Å². The number of nitrogens with two attached hydrogens (primary N) is 1. The lowest BCUT2D eigenvalue weighted by atomic mass is 9.85. The smallest absolute Gasteiger partial charge is 0.124 e. The van der Waals surface area contributed by atoms with Crippen molar-refractivity contribution in [3.63, 3.8) is 0 Å². The van der Waals surface area contributed by atoms with E-state index in [1.54, 1.807) is 14.2 Å². The Balaban J connectivity index is 3.44. The summed E-state index contributed by atoms with van der Waals surface area (Å²) in [4.78, 5) is 0. The Morgan fingerprint density at radius 3 is 1.94 bits per heavy atom. The van der Waals surface area contributed by atoms with Crippen molar-refractivity contribution in [2.24, 2.45) is 5.73 Å². The van der Waals surface area contributed by atoms with Crippen LogP contribution in [-0.4, -0.2) is 14.2 Å². The zero-order chi connectivity index (χ0) is 13.2. The number of ether oxygens (including phenoxy) is 2. The zero-order valence-electron chi connectivity index (χ0n) is 11.6. The molecule has 0 bridgehead atoms. The summed E-state index contributed by atoms with van der Waals surface area (Å²) in [5.74, 6) is 1.69.